The highest BCUT2D eigenvalue weighted by Gasteiger charge is 2.22. The molecule has 1 heterocycles. The summed E-state index contributed by atoms with van der Waals surface area (Å²) in [6.45, 7) is 11.8. The third-order valence-corrected chi connectivity index (χ3v) is 5.10. The number of thioether (sulfide) groups is 1. The smallest absolute Gasteiger partial charge is 0.0607 e. The molecule has 3 heteroatoms. The summed E-state index contributed by atoms with van der Waals surface area (Å²) in [6, 6.07) is 5.07. The molecule has 0 amide bonds. The van der Waals surface area contributed by atoms with Gasteiger partial charge in [0.05, 0.1) is 18.5 Å². The van der Waals surface area contributed by atoms with E-state index >= 15 is 0 Å². The molecule has 0 aliphatic carbocycles. The Kier molecular flexibility index (Phi) is 5.94. The molecule has 112 valence electrons. The largest absolute Gasteiger partial charge is 0.379 e. The number of ether oxygens (including phenoxy) is 1. The molecule has 1 aliphatic heterocycles. The van der Waals surface area contributed by atoms with Crippen LogP contribution in [0.5, 0.6) is 0 Å². The van der Waals surface area contributed by atoms with Gasteiger partial charge in [0, 0.05) is 11.8 Å². The Hall–Kier alpha value is -0.510. The van der Waals surface area contributed by atoms with Crippen molar-refractivity contribution in [3.8, 4) is 0 Å². The molecule has 1 saturated heterocycles. The van der Waals surface area contributed by atoms with Gasteiger partial charge in [0.15, 0.2) is 0 Å². The maximum atomic E-state index is 5.28. The molecule has 2 nitrogen and oxygen atoms in total. The average Bonchev–Trinajstić information content (AvgIpc) is 2.31. The van der Waals surface area contributed by atoms with Crippen LogP contribution < -0.4 is 5.32 Å². The third-order valence-electron chi connectivity index (χ3n) is 3.83. The van der Waals surface area contributed by atoms with Gasteiger partial charge in [0.25, 0.3) is 0 Å². The summed E-state index contributed by atoms with van der Waals surface area (Å²) in [6.07, 6.45) is 1.18. The zero-order valence-electron chi connectivity index (χ0n) is 13.2. The van der Waals surface area contributed by atoms with Crippen LogP contribution in [-0.4, -0.2) is 30.8 Å². The lowest BCUT2D eigenvalue weighted by Gasteiger charge is -2.29. The number of hydrogen-bond acceptors (Lipinski definition) is 3. The van der Waals surface area contributed by atoms with Crippen LogP contribution in [0.1, 0.15) is 41.6 Å². The van der Waals surface area contributed by atoms with Gasteiger partial charge < -0.3 is 10.1 Å². The van der Waals surface area contributed by atoms with E-state index in [1.807, 2.05) is 0 Å². The summed E-state index contributed by atoms with van der Waals surface area (Å²) in [4.78, 5) is 0. The Morgan fingerprint density at radius 3 is 2.40 bits per heavy atom. The first-order valence-corrected chi connectivity index (χ1v) is 8.67. The first-order valence-electron chi connectivity index (χ1n) is 7.62. The van der Waals surface area contributed by atoms with Crippen LogP contribution in [0.25, 0.3) is 0 Å². The van der Waals surface area contributed by atoms with Gasteiger partial charge in [-0.2, -0.15) is 11.8 Å². The van der Waals surface area contributed by atoms with E-state index in [4.69, 9.17) is 4.74 Å². The molecule has 1 fully saturated rings. The summed E-state index contributed by atoms with van der Waals surface area (Å²) >= 11 is 2.05. The van der Waals surface area contributed by atoms with Gasteiger partial charge in [0.1, 0.15) is 0 Å². The third kappa shape index (κ3) is 4.00. The molecule has 1 aromatic carbocycles. The molecule has 2 rings (SSSR count). The number of rotatable bonds is 7. The summed E-state index contributed by atoms with van der Waals surface area (Å²) in [7, 11) is 0. The van der Waals surface area contributed by atoms with Crippen molar-refractivity contribution < 1.29 is 4.74 Å². The highest BCUT2D eigenvalue weighted by atomic mass is 32.2. The summed E-state index contributed by atoms with van der Waals surface area (Å²) in [5.74, 6) is 1.14. The molecule has 0 aromatic heterocycles. The zero-order valence-corrected chi connectivity index (χ0v) is 14.0. The van der Waals surface area contributed by atoms with Crippen molar-refractivity contribution in [2.75, 3.05) is 25.5 Å². The fourth-order valence-corrected chi connectivity index (χ4v) is 3.98. The Morgan fingerprint density at radius 1 is 1.25 bits per heavy atom. The van der Waals surface area contributed by atoms with Crippen LogP contribution in [0, 0.1) is 20.8 Å². The maximum absolute atomic E-state index is 5.28. The molecule has 1 unspecified atom stereocenters. The molecule has 0 radical (unpaired) electrons. The van der Waals surface area contributed by atoms with Gasteiger partial charge in [-0.3, -0.25) is 0 Å². The number of hydrogen-bond donors (Lipinski definition) is 1. The van der Waals surface area contributed by atoms with Crippen LogP contribution in [0.15, 0.2) is 12.1 Å². The summed E-state index contributed by atoms with van der Waals surface area (Å²) in [5.41, 5.74) is 5.69. The molecule has 1 aromatic rings. The fourth-order valence-electron chi connectivity index (χ4n) is 2.85. The van der Waals surface area contributed by atoms with Crippen molar-refractivity contribution in [1.29, 1.82) is 0 Å². The predicted octanol–water partition coefficient (Wildman–Crippen LogP) is 3.78. The van der Waals surface area contributed by atoms with Gasteiger partial charge in [-0.1, -0.05) is 24.6 Å². The first-order chi connectivity index (χ1) is 9.61. The first kappa shape index (κ1) is 15.9. The molecular formula is C17H27NOS. The normalized spacial score (nSPS) is 17.0. The lowest BCUT2D eigenvalue weighted by molar-refractivity contribution is 0.0455. The van der Waals surface area contributed by atoms with E-state index in [1.165, 1.54) is 28.7 Å². The Morgan fingerprint density at radius 2 is 1.90 bits per heavy atom. The summed E-state index contributed by atoms with van der Waals surface area (Å²) in [5, 5.41) is 4.43. The van der Waals surface area contributed by atoms with Gasteiger partial charge in [-0.15, -0.1) is 0 Å². The van der Waals surface area contributed by atoms with Crippen molar-refractivity contribution >= 4 is 11.8 Å². The number of benzene rings is 1. The van der Waals surface area contributed by atoms with Crippen molar-refractivity contribution in [1.82, 2.24) is 5.32 Å². The van der Waals surface area contributed by atoms with Crippen LogP contribution in [-0.2, 0) is 4.74 Å². The van der Waals surface area contributed by atoms with Crippen molar-refractivity contribution in [3.63, 3.8) is 0 Å². The number of aryl methyl sites for hydroxylation is 3. The Labute approximate surface area is 127 Å². The quantitative estimate of drug-likeness (QED) is 0.826. The molecule has 0 spiro atoms. The lowest BCUT2D eigenvalue weighted by Crippen LogP contribution is -2.33. The Bertz CT molecular complexity index is 420. The average molecular weight is 293 g/mol. The molecule has 1 N–H and O–H groups in total. The highest BCUT2D eigenvalue weighted by Crippen LogP contribution is 2.29. The maximum Gasteiger partial charge on any atom is 0.0607 e. The highest BCUT2D eigenvalue weighted by molar-refractivity contribution is 8.00. The van der Waals surface area contributed by atoms with Crippen molar-refractivity contribution in [2.24, 2.45) is 0 Å². The minimum atomic E-state index is 0.459. The van der Waals surface area contributed by atoms with Gasteiger partial charge in [0.2, 0.25) is 0 Å². The van der Waals surface area contributed by atoms with Crippen LogP contribution in [0.3, 0.4) is 0 Å². The van der Waals surface area contributed by atoms with Crippen molar-refractivity contribution in [3.05, 3.63) is 34.4 Å². The minimum absolute atomic E-state index is 0.459. The van der Waals surface area contributed by atoms with E-state index in [-0.39, 0.29) is 0 Å². The second-order valence-corrected chi connectivity index (χ2v) is 7.15. The minimum Gasteiger partial charge on any atom is -0.379 e. The van der Waals surface area contributed by atoms with Gasteiger partial charge in [-0.05, 0) is 50.4 Å². The van der Waals surface area contributed by atoms with E-state index in [0.29, 0.717) is 11.3 Å². The molecule has 0 bridgehead atoms. The molecular weight excluding hydrogens is 266 g/mol. The fraction of sp³-hybridized carbons (Fsp3) is 0.647. The second-order valence-electron chi connectivity index (χ2n) is 5.81. The van der Waals surface area contributed by atoms with Gasteiger partial charge >= 0.3 is 0 Å². The van der Waals surface area contributed by atoms with E-state index in [2.05, 4.69) is 56.9 Å². The van der Waals surface area contributed by atoms with Gasteiger partial charge in [-0.25, -0.2) is 0 Å². The van der Waals surface area contributed by atoms with E-state index in [1.54, 1.807) is 0 Å². The number of nitrogens with one attached hydrogen (secondary N) is 1. The molecule has 0 saturated carbocycles. The summed E-state index contributed by atoms with van der Waals surface area (Å²) < 4.78 is 5.28. The second kappa shape index (κ2) is 7.48. The van der Waals surface area contributed by atoms with Crippen LogP contribution in [0.4, 0.5) is 0 Å². The van der Waals surface area contributed by atoms with Crippen LogP contribution >= 0.6 is 11.8 Å². The SMILES string of the molecule is CCCNC(CSC1COC1)c1c(C)cc(C)cc1C. The molecule has 1 aliphatic rings. The van der Waals surface area contributed by atoms with E-state index in [9.17, 15) is 0 Å². The van der Waals surface area contributed by atoms with E-state index in [0.717, 1.165) is 25.5 Å². The lowest BCUT2D eigenvalue weighted by atomic mass is 9.95. The zero-order chi connectivity index (χ0) is 14.5. The monoisotopic (exact) mass is 293 g/mol. The van der Waals surface area contributed by atoms with E-state index < -0.39 is 0 Å². The Balaban J connectivity index is 2.11. The standard InChI is InChI=1S/C17H27NOS/c1-5-6-18-16(11-20-15-9-19-10-15)17-13(3)7-12(2)8-14(17)4/h7-8,15-16,18H,5-6,9-11H2,1-4H3. The predicted molar refractivity (Wildman–Crippen MR) is 88.8 cm³/mol. The molecule has 1 atom stereocenters. The molecule has 20 heavy (non-hydrogen) atoms. The van der Waals surface area contributed by atoms with Crippen molar-refractivity contribution in [2.45, 2.75) is 45.4 Å². The topological polar surface area (TPSA) is 21.3 Å². The van der Waals surface area contributed by atoms with Crippen LogP contribution in [0.2, 0.25) is 0 Å².